The minimum absolute atomic E-state index is 0.0696. The van der Waals surface area contributed by atoms with Gasteiger partial charge in [-0.1, -0.05) is 293 Å². The van der Waals surface area contributed by atoms with Crippen molar-refractivity contribution in [2.24, 2.45) is 0 Å². The van der Waals surface area contributed by atoms with Crippen molar-refractivity contribution in [1.29, 1.82) is 0 Å². The average molecular weight is 994 g/mol. The number of rotatable bonds is 56. The van der Waals surface area contributed by atoms with Crippen LogP contribution in [0.1, 0.15) is 316 Å². The molecule has 6 heteroatoms. The van der Waals surface area contributed by atoms with E-state index >= 15 is 0 Å². The van der Waals surface area contributed by atoms with Crippen LogP contribution in [0.5, 0.6) is 0 Å². The Balaban J connectivity index is 4.08. The normalized spacial score (nSPS) is 12.4. The third-order valence-corrected chi connectivity index (χ3v) is 13.5. The molecule has 0 aromatic heterocycles. The zero-order valence-corrected chi connectivity index (χ0v) is 47.2. The first-order valence-electron chi connectivity index (χ1n) is 30.8. The van der Waals surface area contributed by atoms with Gasteiger partial charge in [0.15, 0.2) is 6.10 Å². The highest BCUT2D eigenvalue weighted by Crippen LogP contribution is 2.17. The molecular formula is C65H116O6. The summed E-state index contributed by atoms with van der Waals surface area (Å²) in [6.07, 6.45) is 75.3. The molecule has 0 saturated heterocycles. The van der Waals surface area contributed by atoms with Crippen molar-refractivity contribution in [2.75, 3.05) is 13.2 Å². The van der Waals surface area contributed by atoms with E-state index in [2.05, 4.69) is 81.5 Å². The molecule has 0 fully saturated rings. The van der Waals surface area contributed by atoms with Crippen LogP contribution in [-0.2, 0) is 28.6 Å². The molecule has 0 spiro atoms. The van der Waals surface area contributed by atoms with Gasteiger partial charge in [0.05, 0.1) is 0 Å². The summed E-state index contributed by atoms with van der Waals surface area (Å²) in [6, 6.07) is 0. The molecule has 0 aliphatic carbocycles. The highest BCUT2D eigenvalue weighted by atomic mass is 16.6. The van der Waals surface area contributed by atoms with Crippen LogP contribution in [0, 0.1) is 0 Å². The standard InChI is InChI=1S/C65H116O6/c1-4-7-10-13-16-18-20-22-24-26-27-28-29-30-31-32-33-34-35-36-37-39-40-42-44-46-49-52-55-58-64(67)70-61-62(60-69-63(66)57-54-51-48-15-12-9-6-3)71-65(68)59-56-53-50-47-45-43-41-38-25-23-21-19-17-14-11-8-5-2/h7,10,16,18,22,24,27-28,30-31,62H,4-6,8-9,11-15,17,19-21,23,25-26,29,32-61H2,1-3H3/b10-7-,18-16-,24-22-,28-27-,31-30-. The quantitative estimate of drug-likeness (QED) is 0.0261. The van der Waals surface area contributed by atoms with Crippen molar-refractivity contribution in [3.8, 4) is 0 Å². The van der Waals surface area contributed by atoms with Crippen LogP contribution in [0.2, 0.25) is 0 Å². The summed E-state index contributed by atoms with van der Waals surface area (Å²) in [6.45, 7) is 6.52. The van der Waals surface area contributed by atoms with Crippen LogP contribution < -0.4 is 0 Å². The van der Waals surface area contributed by atoms with Crippen molar-refractivity contribution < 1.29 is 28.6 Å². The molecule has 1 unspecified atom stereocenters. The third-order valence-electron chi connectivity index (χ3n) is 13.5. The second-order valence-electron chi connectivity index (χ2n) is 20.6. The number of unbranched alkanes of at least 4 members (excludes halogenated alkanes) is 35. The van der Waals surface area contributed by atoms with Gasteiger partial charge in [-0.3, -0.25) is 14.4 Å². The van der Waals surface area contributed by atoms with Crippen molar-refractivity contribution in [3.63, 3.8) is 0 Å². The number of esters is 3. The number of allylic oxidation sites excluding steroid dienone is 10. The molecule has 0 heterocycles. The van der Waals surface area contributed by atoms with Crippen LogP contribution in [0.25, 0.3) is 0 Å². The lowest BCUT2D eigenvalue weighted by molar-refractivity contribution is -0.167. The minimum atomic E-state index is -0.768. The van der Waals surface area contributed by atoms with Crippen LogP contribution >= 0.6 is 0 Å². The van der Waals surface area contributed by atoms with Crippen LogP contribution in [0.15, 0.2) is 60.8 Å². The molecule has 0 aromatic carbocycles. The zero-order chi connectivity index (χ0) is 51.4. The van der Waals surface area contributed by atoms with Gasteiger partial charge in [0.25, 0.3) is 0 Å². The van der Waals surface area contributed by atoms with Crippen LogP contribution in [0.4, 0.5) is 0 Å². The highest BCUT2D eigenvalue weighted by Gasteiger charge is 2.19. The zero-order valence-electron chi connectivity index (χ0n) is 47.2. The Kier molecular flexibility index (Phi) is 57.2. The van der Waals surface area contributed by atoms with E-state index in [1.807, 2.05) is 0 Å². The molecule has 6 nitrogen and oxygen atoms in total. The Labute approximate surface area is 440 Å². The summed E-state index contributed by atoms with van der Waals surface area (Å²) < 4.78 is 16.8. The Morgan fingerprint density at radius 1 is 0.296 bits per heavy atom. The van der Waals surface area contributed by atoms with E-state index in [1.165, 1.54) is 186 Å². The van der Waals surface area contributed by atoms with E-state index in [1.54, 1.807) is 0 Å². The SMILES string of the molecule is CC/C=C\C/C=C\C/C=C\C/C=C\C/C=C\CCCCCCCCCCCCCCCC(=O)OCC(COC(=O)CCCCCCCCC)OC(=O)CCCCCCCCCCCCCCCCCCC. The Hall–Kier alpha value is -2.89. The monoisotopic (exact) mass is 993 g/mol. The molecule has 0 radical (unpaired) electrons. The molecule has 0 bridgehead atoms. The maximum Gasteiger partial charge on any atom is 0.306 e. The maximum atomic E-state index is 12.8. The third kappa shape index (κ3) is 57.9. The number of ether oxygens (including phenoxy) is 3. The summed E-state index contributed by atoms with van der Waals surface area (Å²) in [4.78, 5) is 38.0. The predicted octanol–water partition coefficient (Wildman–Crippen LogP) is 20.8. The lowest BCUT2D eigenvalue weighted by Crippen LogP contribution is -2.30. The second kappa shape index (κ2) is 59.7. The molecule has 0 N–H and O–H groups in total. The number of carbonyl (C=O) groups excluding carboxylic acids is 3. The largest absolute Gasteiger partial charge is 0.462 e. The van der Waals surface area contributed by atoms with Crippen LogP contribution in [0.3, 0.4) is 0 Å². The molecule has 0 aliphatic heterocycles. The molecular weight excluding hydrogens is 877 g/mol. The first kappa shape index (κ1) is 68.1. The maximum absolute atomic E-state index is 12.8. The smallest absolute Gasteiger partial charge is 0.306 e. The molecule has 412 valence electrons. The van der Waals surface area contributed by atoms with Gasteiger partial charge in [-0.05, 0) is 64.2 Å². The number of hydrogen-bond donors (Lipinski definition) is 0. The van der Waals surface area contributed by atoms with E-state index in [9.17, 15) is 14.4 Å². The van der Waals surface area contributed by atoms with E-state index < -0.39 is 6.10 Å². The molecule has 0 saturated carbocycles. The van der Waals surface area contributed by atoms with Gasteiger partial charge >= 0.3 is 17.9 Å². The number of carbonyl (C=O) groups is 3. The van der Waals surface area contributed by atoms with Gasteiger partial charge in [0, 0.05) is 19.3 Å². The fourth-order valence-electron chi connectivity index (χ4n) is 8.94. The van der Waals surface area contributed by atoms with Gasteiger partial charge in [0.1, 0.15) is 13.2 Å². The summed E-state index contributed by atoms with van der Waals surface area (Å²) in [7, 11) is 0. The van der Waals surface area contributed by atoms with E-state index in [-0.39, 0.29) is 31.1 Å². The molecule has 0 aliphatic rings. The summed E-state index contributed by atoms with van der Waals surface area (Å²) in [5.41, 5.74) is 0. The molecule has 0 amide bonds. The van der Waals surface area contributed by atoms with Gasteiger partial charge in [-0.25, -0.2) is 0 Å². The van der Waals surface area contributed by atoms with E-state index in [0.717, 1.165) is 89.9 Å². The predicted molar refractivity (Wildman–Crippen MR) is 307 cm³/mol. The van der Waals surface area contributed by atoms with Crippen molar-refractivity contribution in [2.45, 2.75) is 322 Å². The van der Waals surface area contributed by atoms with Crippen LogP contribution in [-0.4, -0.2) is 37.2 Å². The van der Waals surface area contributed by atoms with E-state index in [0.29, 0.717) is 19.3 Å². The Morgan fingerprint density at radius 2 is 0.549 bits per heavy atom. The minimum Gasteiger partial charge on any atom is -0.462 e. The summed E-state index contributed by atoms with van der Waals surface area (Å²) in [5.74, 6) is -0.861. The van der Waals surface area contributed by atoms with Gasteiger partial charge in [-0.2, -0.15) is 0 Å². The summed E-state index contributed by atoms with van der Waals surface area (Å²) >= 11 is 0. The fraction of sp³-hybridized carbons (Fsp3) is 0.800. The number of hydrogen-bond acceptors (Lipinski definition) is 6. The summed E-state index contributed by atoms with van der Waals surface area (Å²) in [5, 5.41) is 0. The first-order valence-corrected chi connectivity index (χ1v) is 30.8. The topological polar surface area (TPSA) is 78.9 Å². The second-order valence-corrected chi connectivity index (χ2v) is 20.6. The highest BCUT2D eigenvalue weighted by molar-refractivity contribution is 5.71. The molecule has 71 heavy (non-hydrogen) atoms. The molecule has 1 atom stereocenters. The lowest BCUT2D eigenvalue weighted by Gasteiger charge is -2.18. The Morgan fingerprint density at radius 3 is 0.859 bits per heavy atom. The van der Waals surface area contributed by atoms with Crippen molar-refractivity contribution in [1.82, 2.24) is 0 Å². The molecule has 0 aromatic rings. The molecule has 0 rings (SSSR count). The van der Waals surface area contributed by atoms with Gasteiger partial charge in [0.2, 0.25) is 0 Å². The first-order chi connectivity index (χ1) is 35.0. The average Bonchev–Trinajstić information content (AvgIpc) is 3.37. The van der Waals surface area contributed by atoms with Gasteiger partial charge in [-0.15, -0.1) is 0 Å². The van der Waals surface area contributed by atoms with Crippen molar-refractivity contribution in [3.05, 3.63) is 60.8 Å². The van der Waals surface area contributed by atoms with Gasteiger partial charge < -0.3 is 14.2 Å². The fourth-order valence-corrected chi connectivity index (χ4v) is 8.94. The Bertz CT molecular complexity index is 1280. The van der Waals surface area contributed by atoms with E-state index in [4.69, 9.17) is 14.2 Å². The van der Waals surface area contributed by atoms with Crippen molar-refractivity contribution >= 4 is 17.9 Å². The lowest BCUT2D eigenvalue weighted by atomic mass is 10.0.